The van der Waals surface area contributed by atoms with Gasteiger partial charge in [0.25, 0.3) is 0 Å². The van der Waals surface area contributed by atoms with Gasteiger partial charge in [-0.2, -0.15) is 0 Å². The molecule has 0 N–H and O–H groups in total. The van der Waals surface area contributed by atoms with Crippen molar-refractivity contribution in [2.24, 2.45) is 0 Å². The van der Waals surface area contributed by atoms with E-state index in [9.17, 15) is 4.79 Å². The molecule has 0 aliphatic carbocycles. The van der Waals surface area contributed by atoms with Crippen LogP contribution in [0.3, 0.4) is 0 Å². The molecule has 0 unspecified atom stereocenters. The Morgan fingerprint density at radius 3 is 2.23 bits per heavy atom. The lowest BCUT2D eigenvalue weighted by Gasteiger charge is -2.04. The van der Waals surface area contributed by atoms with Crippen LogP contribution in [0, 0.1) is 0 Å². The Bertz CT molecular complexity index is 259. The molecule has 1 nitrogen and oxygen atoms in total. The van der Waals surface area contributed by atoms with Crippen molar-refractivity contribution in [1.29, 1.82) is 0 Å². The highest BCUT2D eigenvalue weighted by Gasteiger charge is 2.06. The van der Waals surface area contributed by atoms with Crippen molar-refractivity contribution in [2.75, 3.05) is 6.26 Å². The van der Waals surface area contributed by atoms with E-state index in [1.807, 2.05) is 44.4 Å². The fourth-order valence-electron chi connectivity index (χ4n) is 0.949. The first-order chi connectivity index (χ1) is 6.17. The largest absolute Gasteiger partial charge is 0.294 e. The molecule has 0 bridgehead atoms. The highest BCUT2D eigenvalue weighted by atomic mass is 32.2. The van der Waals surface area contributed by atoms with Crippen LogP contribution < -0.4 is 0 Å². The number of Topliss-reactive ketones (excluding diaryl/α,β-unsaturated/α-hetero) is 1. The van der Waals surface area contributed by atoms with Gasteiger partial charge in [-0.05, 0) is 27.0 Å². The summed E-state index contributed by atoms with van der Waals surface area (Å²) in [5.41, 5.74) is 0.785. The summed E-state index contributed by atoms with van der Waals surface area (Å²) >= 11 is 1.59. The van der Waals surface area contributed by atoms with Crippen LogP contribution in [0.15, 0.2) is 34.8 Å². The van der Waals surface area contributed by atoms with Crippen LogP contribution in [0.5, 0.6) is 0 Å². The van der Waals surface area contributed by atoms with Gasteiger partial charge in [-0.1, -0.05) is 24.3 Å². The lowest BCUT2D eigenvalue weighted by molar-refractivity contribution is -0.113. The Balaban J connectivity index is 4.91. The van der Waals surface area contributed by atoms with E-state index in [1.54, 1.807) is 18.7 Å². The molecule has 0 fully saturated rings. The van der Waals surface area contributed by atoms with Gasteiger partial charge in [0.2, 0.25) is 0 Å². The van der Waals surface area contributed by atoms with Crippen LogP contribution in [0.1, 0.15) is 20.8 Å². The minimum atomic E-state index is 0.112. The van der Waals surface area contributed by atoms with E-state index in [4.69, 9.17) is 0 Å². The number of thioether (sulfide) groups is 1. The van der Waals surface area contributed by atoms with E-state index in [2.05, 4.69) is 0 Å². The zero-order valence-corrected chi connectivity index (χ0v) is 9.44. The van der Waals surface area contributed by atoms with E-state index in [0.717, 1.165) is 10.5 Å². The maximum absolute atomic E-state index is 11.3. The monoisotopic (exact) mass is 196 g/mol. The summed E-state index contributed by atoms with van der Waals surface area (Å²) in [6.07, 6.45) is 9.59. The molecule has 0 amide bonds. The molecule has 13 heavy (non-hydrogen) atoms. The first kappa shape index (κ1) is 12.2. The van der Waals surface area contributed by atoms with Gasteiger partial charge in [0.1, 0.15) is 0 Å². The molecule has 0 radical (unpaired) electrons. The average Bonchev–Trinajstić information content (AvgIpc) is 2.11. The maximum atomic E-state index is 11.3. The number of carbonyl (C=O) groups excluding carboxylic acids is 1. The third-order valence-corrected chi connectivity index (χ3v) is 2.48. The summed E-state index contributed by atoms with van der Waals surface area (Å²) in [4.78, 5) is 12.3. The number of rotatable bonds is 4. The highest BCUT2D eigenvalue weighted by Crippen LogP contribution is 2.21. The van der Waals surface area contributed by atoms with Crippen LogP contribution in [0.25, 0.3) is 0 Å². The van der Waals surface area contributed by atoms with E-state index in [1.165, 1.54) is 0 Å². The maximum Gasteiger partial charge on any atom is 0.160 e. The van der Waals surface area contributed by atoms with Crippen molar-refractivity contribution in [1.82, 2.24) is 0 Å². The topological polar surface area (TPSA) is 17.1 Å². The summed E-state index contributed by atoms with van der Waals surface area (Å²) in [6.45, 7) is 5.47. The number of allylic oxidation sites excluding steroid dienone is 5. The third-order valence-electron chi connectivity index (χ3n) is 1.58. The second kappa shape index (κ2) is 6.72. The standard InChI is InChI=1S/C11H16OS/c1-5-7-8-10(9(3)12)11(6-2)13-4/h5-8H,1-4H3/b7-5-,10-8-,11-6-. The van der Waals surface area contributed by atoms with Crippen LogP contribution in [-0.4, -0.2) is 12.0 Å². The van der Waals surface area contributed by atoms with Crippen molar-refractivity contribution < 1.29 is 4.79 Å². The molecule has 0 saturated heterocycles. The van der Waals surface area contributed by atoms with Gasteiger partial charge in [-0.25, -0.2) is 0 Å². The molecule has 0 aliphatic heterocycles. The lowest BCUT2D eigenvalue weighted by atomic mass is 10.1. The first-order valence-corrected chi connectivity index (χ1v) is 5.44. The van der Waals surface area contributed by atoms with E-state index < -0.39 is 0 Å². The van der Waals surface area contributed by atoms with Crippen LogP contribution in [0.2, 0.25) is 0 Å². The molecule has 0 rings (SSSR count). The Morgan fingerprint density at radius 2 is 1.92 bits per heavy atom. The van der Waals surface area contributed by atoms with Gasteiger partial charge in [0.15, 0.2) is 5.78 Å². The van der Waals surface area contributed by atoms with Crippen molar-refractivity contribution >= 4 is 17.5 Å². The summed E-state index contributed by atoms with van der Waals surface area (Å²) in [6, 6.07) is 0. The van der Waals surface area contributed by atoms with Gasteiger partial charge in [-0.15, -0.1) is 11.8 Å². The smallest absolute Gasteiger partial charge is 0.160 e. The molecular formula is C11H16OS. The predicted molar refractivity (Wildman–Crippen MR) is 60.9 cm³/mol. The summed E-state index contributed by atoms with van der Waals surface area (Å²) < 4.78 is 0. The number of hydrogen-bond donors (Lipinski definition) is 0. The Labute approximate surface area is 84.6 Å². The van der Waals surface area contributed by atoms with E-state index >= 15 is 0 Å². The van der Waals surface area contributed by atoms with Gasteiger partial charge in [0, 0.05) is 10.5 Å². The Kier molecular flexibility index (Phi) is 6.33. The van der Waals surface area contributed by atoms with Gasteiger partial charge in [-0.3, -0.25) is 4.79 Å². The van der Waals surface area contributed by atoms with Crippen LogP contribution in [0.4, 0.5) is 0 Å². The molecule has 0 aliphatic rings. The number of carbonyl (C=O) groups is 1. The third kappa shape index (κ3) is 4.13. The van der Waals surface area contributed by atoms with Crippen molar-refractivity contribution in [3.63, 3.8) is 0 Å². The van der Waals surface area contributed by atoms with Gasteiger partial charge < -0.3 is 0 Å². The highest BCUT2D eigenvalue weighted by molar-refractivity contribution is 8.02. The second-order valence-electron chi connectivity index (χ2n) is 2.52. The molecule has 0 heterocycles. The summed E-state index contributed by atoms with van der Waals surface area (Å²) in [5, 5.41) is 0. The molecule has 0 aromatic heterocycles. The fourth-order valence-corrected chi connectivity index (χ4v) is 1.62. The quantitative estimate of drug-likeness (QED) is 0.506. The molecule has 2 heteroatoms. The molecular weight excluding hydrogens is 180 g/mol. The molecule has 72 valence electrons. The zero-order chi connectivity index (χ0) is 10.3. The predicted octanol–water partition coefficient (Wildman–Crippen LogP) is 3.34. The van der Waals surface area contributed by atoms with Crippen LogP contribution >= 0.6 is 11.8 Å². The first-order valence-electron chi connectivity index (χ1n) is 4.22. The fraction of sp³-hybridized carbons (Fsp3) is 0.364. The second-order valence-corrected chi connectivity index (χ2v) is 3.37. The zero-order valence-electron chi connectivity index (χ0n) is 8.63. The SMILES string of the molecule is C\C=C/C=C(C(C)=O)\C(=C\C)SC. The van der Waals surface area contributed by atoms with Gasteiger partial charge >= 0.3 is 0 Å². The van der Waals surface area contributed by atoms with Crippen molar-refractivity contribution in [2.45, 2.75) is 20.8 Å². The van der Waals surface area contributed by atoms with E-state index in [-0.39, 0.29) is 5.78 Å². The lowest BCUT2D eigenvalue weighted by Crippen LogP contribution is -1.97. The molecule has 0 aromatic carbocycles. The minimum Gasteiger partial charge on any atom is -0.294 e. The van der Waals surface area contributed by atoms with Crippen molar-refractivity contribution in [3.8, 4) is 0 Å². The van der Waals surface area contributed by atoms with E-state index in [0.29, 0.717) is 0 Å². The normalized spacial score (nSPS) is 13.8. The van der Waals surface area contributed by atoms with Gasteiger partial charge in [0.05, 0.1) is 0 Å². The molecule has 0 atom stereocenters. The Morgan fingerprint density at radius 1 is 1.31 bits per heavy atom. The molecule has 0 spiro atoms. The summed E-state index contributed by atoms with van der Waals surface area (Å²) in [5.74, 6) is 0.112. The van der Waals surface area contributed by atoms with Crippen molar-refractivity contribution in [3.05, 3.63) is 34.8 Å². The number of ketones is 1. The number of hydrogen-bond acceptors (Lipinski definition) is 2. The average molecular weight is 196 g/mol. The Hall–Kier alpha value is -0.760. The van der Waals surface area contributed by atoms with Crippen LogP contribution in [-0.2, 0) is 4.79 Å². The molecule has 0 saturated carbocycles. The minimum absolute atomic E-state index is 0.112. The summed E-state index contributed by atoms with van der Waals surface area (Å²) in [7, 11) is 0. The molecule has 0 aromatic rings.